The molecule has 2 N–H and O–H groups in total. The number of aliphatic carboxylic acids is 1. The Morgan fingerprint density at radius 2 is 1.91 bits per heavy atom. The maximum atomic E-state index is 11.9. The van der Waals surface area contributed by atoms with Crippen molar-refractivity contribution in [1.82, 2.24) is 5.32 Å². The van der Waals surface area contributed by atoms with Gasteiger partial charge in [-0.25, -0.2) is 0 Å². The van der Waals surface area contributed by atoms with Gasteiger partial charge in [0.05, 0.1) is 24.0 Å². The van der Waals surface area contributed by atoms with Crippen LogP contribution in [0.5, 0.6) is 5.75 Å². The number of rotatable bonds is 6. The van der Waals surface area contributed by atoms with Gasteiger partial charge in [0.15, 0.2) is 0 Å². The highest BCUT2D eigenvalue weighted by atomic mass is 35.5. The van der Waals surface area contributed by atoms with Crippen molar-refractivity contribution < 1.29 is 19.4 Å². The van der Waals surface area contributed by atoms with E-state index < -0.39 is 5.97 Å². The predicted molar refractivity (Wildman–Crippen MR) is 83.1 cm³/mol. The molecular formula is C16H20ClNO4. The molecule has 0 saturated heterocycles. The Hall–Kier alpha value is -1.75. The Labute approximate surface area is 134 Å². The van der Waals surface area contributed by atoms with Gasteiger partial charge >= 0.3 is 5.97 Å². The molecule has 0 spiro atoms. The van der Waals surface area contributed by atoms with Gasteiger partial charge in [-0.3, -0.25) is 9.59 Å². The molecule has 1 aliphatic rings. The summed E-state index contributed by atoms with van der Waals surface area (Å²) in [6.07, 6.45) is 2.93. The van der Waals surface area contributed by atoms with Gasteiger partial charge in [-0.2, -0.15) is 0 Å². The van der Waals surface area contributed by atoms with E-state index in [2.05, 4.69) is 5.32 Å². The van der Waals surface area contributed by atoms with Crippen LogP contribution in [0.15, 0.2) is 24.3 Å². The van der Waals surface area contributed by atoms with Gasteiger partial charge in [-0.15, -0.1) is 0 Å². The second-order valence-corrected chi connectivity index (χ2v) is 5.89. The first-order chi connectivity index (χ1) is 10.6. The number of amides is 1. The van der Waals surface area contributed by atoms with E-state index in [1.54, 1.807) is 12.1 Å². The standard InChI is InChI=1S/C16H20ClNO4/c17-13-3-1-2-4-14(13)22-10-9-15(19)18-12-7-5-11(6-8-12)16(20)21/h1-4,11-12H,5-10H2,(H,18,19)(H,20,21). The summed E-state index contributed by atoms with van der Waals surface area (Å²) in [5.41, 5.74) is 0. The summed E-state index contributed by atoms with van der Waals surface area (Å²) < 4.78 is 5.47. The molecule has 0 bridgehead atoms. The van der Waals surface area contributed by atoms with E-state index in [9.17, 15) is 9.59 Å². The van der Waals surface area contributed by atoms with E-state index in [1.807, 2.05) is 12.1 Å². The second kappa shape index (κ2) is 8.03. The summed E-state index contributed by atoms with van der Waals surface area (Å²) >= 11 is 5.96. The first-order valence-corrected chi connectivity index (χ1v) is 7.83. The van der Waals surface area contributed by atoms with Crippen LogP contribution in [0.1, 0.15) is 32.1 Å². The van der Waals surface area contributed by atoms with Crippen molar-refractivity contribution in [3.05, 3.63) is 29.3 Å². The van der Waals surface area contributed by atoms with Gasteiger partial charge in [0, 0.05) is 6.04 Å². The predicted octanol–water partition coefficient (Wildman–Crippen LogP) is 2.87. The minimum absolute atomic E-state index is 0.0726. The Morgan fingerprint density at radius 1 is 1.23 bits per heavy atom. The van der Waals surface area contributed by atoms with Crippen LogP contribution in [-0.4, -0.2) is 29.6 Å². The van der Waals surface area contributed by atoms with Crippen molar-refractivity contribution in [3.8, 4) is 5.75 Å². The number of carbonyl (C=O) groups excluding carboxylic acids is 1. The first kappa shape index (κ1) is 16.6. The van der Waals surface area contributed by atoms with E-state index in [0.717, 1.165) is 0 Å². The van der Waals surface area contributed by atoms with Crippen LogP contribution in [0.25, 0.3) is 0 Å². The molecule has 1 fully saturated rings. The lowest BCUT2D eigenvalue weighted by atomic mass is 9.86. The summed E-state index contributed by atoms with van der Waals surface area (Å²) in [6, 6.07) is 7.20. The third-order valence-electron chi connectivity index (χ3n) is 3.86. The zero-order chi connectivity index (χ0) is 15.9. The first-order valence-electron chi connectivity index (χ1n) is 7.45. The highest BCUT2D eigenvalue weighted by Crippen LogP contribution is 2.25. The van der Waals surface area contributed by atoms with Crippen molar-refractivity contribution >= 4 is 23.5 Å². The average molecular weight is 326 g/mol. The fraction of sp³-hybridized carbons (Fsp3) is 0.500. The van der Waals surface area contributed by atoms with Crippen molar-refractivity contribution in [1.29, 1.82) is 0 Å². The lowest BCUT2D eigenvalue weighted by molar-refractivity contribution is -0.142. The molecule has 0 aromatic heterocycles. The highest BCUT2D eigenvalue weighted by molar-refractivity contribution is 6.32. The number of hydrogen-bond donors (Lipinski definition) is 2. The molecule has 1 aromatic carbocycles. The molecule has 0 atom stereocenters. The molecule has 0 aliphatic heterocycles. The fourth-order valence-corrected chi connectivity index (χ4v) is 2.79. The quantitative estimate of drug-likeness (QED) is 0.843. The van der Waals surface area contributed by atoms with Crippen molar-refractivity contribution in [2.24, 2.45) is 5.92 Å². The van der Waals surface area contributed by atoms with Crippen LogP contribution < -0.4 is 10.1 Å². The normalized spacial score (nSPS) is 21.1. The van der Waals surface area contributed by atoms with Crippen molar-refractivity contribution in [3.63, 3.8) is 0 Å². The molecular weight excluding hydrogens is 306 g/mol. The second-order valence-electron chi connectivity index (χ2n) is 5.48. The number of halogens is 1. The summed E-state index contributed by atoms with van der Waals surface area (Å²) in [5.74, 6) is -0.514. The van der Waals surface area contributed by atoms with E-state index in [1.165, 1.54) is 0 Å². The summed E-state index contributed by atoms with van der Waals surface area (Å²) in [7, 11) is 0. The molecule has 6 heteroatoms. The molecule has 0 radical (unpaired) electrons. The SMILES string of the molecule is O=C(CCOc1ccccc1Cl)NC1CCC(C(=O)O)CC1. The van der Waals surface area contributed by atoms with E-state index in [-0.39, 0.29) is 30.9 Å². The van der Waals surface area contributed by atoms with Gasteiger partial charge in [-0.05, 0) is 37.8 Å². The molecule has 1 aromatic rings. The summed E-state index contributed by atoms with van der Waals surface area (Å²) in [5, 5.41) is 12.4. The summed E-state index contributed by atoms with van der Waals surface area (Å²) in [4.78, 5) is 22.7. The largest absolute Gasteiger partial charge is 0.491 e. The number of carbonyl (C=O) groups is 2. The number of carboxylic acids is 1. The van der Waals surface area contributed by atoms with Crippen LogP contribution in [0.4, 0.5) is 0 Å². The minimum atomic E-state index is -0.738. The molecule has 5 nitrogen and oxygen atoms in total. The van der Waals surface area contributed by atoms with Crippen LogP contribution in [0, 0.1) is 5.92 Å². The number of para-hydroxylation sites is 1. The Bertz CT molecular complexity index is 527. The molecule has 0 unspecified atom stereocenters. The molecule has 1 saturated carbocycles. The number of hydrogen-bond acceptors (Lipinski definition) is 3. The van der Waals surface area contributed by atoms with Crippen LogP contribution in [-0.2, 0) is 9.59 Å². The molecule has 120 valence electrons. The zero-order valence-electron chi connectivity index (χ0n) is 12.3. The maximum Gasteiger partial charge on any atom is 0.306 e. The number of benzene rings is 1. The third-order valence-corrected chi connectivity index (χ3v) is 4.18. The van der Waals surface area contributed by atoms with Crippen molar-refractivity contribution in [2.75, 3.05) is 6.61 Å². The Balaban J connectivity index is 1.66. The minimum Gasteiger partial charge on any atom is -0.491 e. The van der Waals surface area contributed by atoms with Gasteiger partial charge in [-0.1, -0.05) is 23.7 Å². The molecule has 1 amide bonds. The van der Waals surface area contributed by atoms with E-state index in [0.29, 0.717) is 36.5 Å². The third kappa shape index (κ3) is 4.91. The van der Waals surface area contributed by atoms with E-state index >= 15 is 0 Å². The number of ether oxygens (including phenoxy) is 1. The summed E-state index contributed by atoms with van der Waals surface area (Å²) in [6.45, 7) is 0.264. The van der Waals surface area contributed by atoms with Gasteiger partial charge in [0.1, 0.15) is 5.75 Å². The van der Waals surface area contributed by atoms with Crippen LogP contribution >= 0.6 is 11.6 Å². The van der Waals surface area contributed by atoms with E-state index in [4.69, 9.17) is 21.4 Å². The number of nitrogens with one attached hydrogen (secondary N) is 1. The lowest BCUT2D eigenvalue weighted by Crippen LogP contribution is -2.39. The van der Waals surface area contributed by atoms with Crippen LogP contribution in [0.3, 0.4) is 0 Å². The maximum absolute atomic E-state index is 11.9. The lowest BCUT2D eigenvalue weighted by Gasteiger charge is -2.26. The topological polar surface area (TPSA) is 75.6 Å². The number of carboxylic acid groups (broad SMARTS) is 1. The van der Waals surface area contributed by atoms with Gasteiger partial charge in [0.2, 0.25) is 5.91 Å². The Morgan fingerprint density at radius 3 is 2.55 bits per heavy atom. The smallest absolute Gasteiger partial charge is 0.306 e. The molecule has 1 aliphatic carbocycles. The Kier molecular flexibility index (Phi) is 6.07. The van der Waals surface area contributed by atoms with Gasteiger partial charge < -0.3 is 15.2 Å². The van der Waals surface area contributed by atoms with Crippen LogP contribution in [0.2, 0.25) is 5.02 Å². The zero-order valence-corrected chi connectivity index (χ0v) is 13.0. The average Bonchev–Trinajstić information content (AvgIpc) is 2.50. The monoisotopic (exact) mass is 325 g/mol. The molecule has 22 heavy (non-hydrogen) atoms. The fourth-order valence-electron chi connectivity index (χ4n) is 2.60. The van der Waals surface area contributed by atoms with Gasteiger partial charge in [0.25, 0.3) is 0 Å². The molecule has 0 heterocycles. The molecule has 2 rings (SSSR count). The van der Waals surface area contributed by atoms with Crippen molar-refractivity contribution in [2.45, 2.75) is 38.1 Å². The highest BCUT2D eigenvalue weighted by Gasteiger charge is 2.26.